The van der Waals surface area contributed by atoms with Crippen LogP contribution in [0.1, 0.15) is 60.3 Å². The molecule has 0 spiro atoms. The van der Waals surface area contributed by atoms with Gasteiger partial charge in [0, 0.05) is 25.2 Å². The number of hydrogen-bond donors (Lipinski definition) is 1. The topological polar surface area (TPSA) is 41.6 Å². The fourth-order valence-corrected chi connectivity index (χ4v) is 3.24. The molecule has 0 bridgehead atoms. The van der Waals surface area contributed by atoms with Crippen molar-refractivity contribution in [3.8, 4) is 0 Å². The number of rotatable bonds is 4. The molecule has 122 valence electrons. The predicted molar refractivity (Wildman–Crippen MR) is 85.3 cm³/mol. The summed E-state index contributed by atoms with van der Waals surface area (Å²) in [4.78, 5) is 14.5. The number of alkyl carbamates (subject to hydrolysis) is 1. The SMILES string of the molecule is CC(C)N1CC(CC2CC2)CC(NC(=O)OC(C)(C)C)C1. The minimum Gasteiger partial charge on any atom is -0.444 e. The molecule has 0 radical (unpaired) electrons. The molecule has 0 aromatic carbocycles. The number of nitrogens with one attached hydrogen (secondary N) is 1. The Hall–Kier alpha value is -0.770. The van der Waals surface area contributed by atoms with Crippen LogP contribution in [0.5, 0.6) is 0 Å². The quantitative estimate of drug-likeness (QED) is 0.864. The van der Waals surface area contributed by atoms with E-state index in [4.69, 9.17) is 4.74 Å². The van der Waals surface area contributed by atoms with Gasteiger partial charge in [-0.3, -0.25) is 4.90 Å². The average Bonchev–Trinajstić information content (AvgIpc) is 3.09. The Morgan fingerprint density at radius 3 is 2.43 bits per heavy atom. The molecule has 1 aliphatic heterocycles. The second-order valence-corrected chi connectivity index (χ2v) is 8.17. The third-order valence-electron chi connectivity index (χ3n) is 4.38. The summed E-state index contributed by atoms with van der Waals surface area (Å²) in [7, 11) is 0. The number of carbonyl (C=O) groups is 1. The Kier molecular flexibility index (Phi) is 5.18. The van der Waals surface area contributed by atoms with Gasteiger partial charge in [-0.25, -0.2) is 4.79 Å². The van der Waals surface area contributed by atoms with E-state index in [1.165, 1.54) is 25.8 Å². The van der Waals surface area contributed by atoms with E-state index in [0.29, 0.717) is 12.0 Å². The van der Waals surface area contributed by atoms with E-state index < -0.39 is 5.60 Å². The van der Waals surface area contributed by atoms with Crippen LogP contribution in [-0.2, 0) is 4.74 Å². The van der Waals surface area contributed by atoms with Crippen molar-refractivity contribution in [1.82, 2.24) is 10.2 Å². The van der Waals surface area contributed by atoms with Crippen molar-refractivity contribution in [1.29, 1.82) is 0 Å². The summed E-state index contributed by atoms with van der Waals surface area (Å²) in [6.07, 6.45) is 4.96. The molecule has 1 saturated heterocycles. The van der Waals surface area contributed by atoms with Crippen molar-refractivity contribution in [2.75, 3.05) is 13.1 Å². The smallest absolute Gasteiger partial charge is 0.407 e. The molecule has 1 heterocycles. The zero-order valence-electron chi connectivity index (χ0n) is 14.3. The summed E-state index contributed by atoms with van der Waals surface area (Å²) in [6.45, 7) is 12.3. The summed E-state index contributed by atoms with van der Waals surface area (Å²) in [6, 6.07) is 0.759. The predicted octanol–water partition coefficient (Wildman–Crippen LogP) is 3.41. The van der Waals surface area contributed by atoms with Gasteiger partial charge < -0.3 is 10.1 Å². The normalized spacial score (nSPS) is 27.7. The van der Waals surface area contributed by atoms with Crippen LogP contribution in [-0.4, -0.2) is 41.8 Å². The van der Waals surface area contributed by atoms with Gasteiger partial charge in [-0.05, 0) is 59.3 Å². The molecule has 0 aromatic heterocycles. The molecule has 4 heteroatoms. The molecule has 21 heavy (non-hydrogen) atoms. The Morgan fingerprint density at radius 1 is 1.24 bits per heavy atom. The number of amides is 1. The molecule has 4 nitrogen and oxygen atoms in total. The maximum atomic E-state index is 12.0. The van der Waals surface area contributed by atoms with Crippen LogP contribution in [0.4, 0.5) is 4.79 Å². The molecule has 2 fully saturated rings. The molecular weight excluding hydrogens is 264 g/mol. The largest absolute Gasteiger partial charge is 0.444 e. The Morgan fingerprint density at radius 2 is 1.90 bits per heavy atom. The fourth-order valence-electron chi connectivity index (χ4n) is 3.24. The van der Waals surface area contributed by atoms with Crippen LogP contribution in [0.25, 0.3) is 0 Å². The molecule has 2 aliphatic rings. The van der Waals surface area contributed by atoms with Gasteiger partial charge in [-0.15, -0.1) is 0 Å². The first-order valence-corrected chi connectivity index (χ1v) is 8.46. The van der Waals surface area contributed by atoms with Gasteiger partial charge in [0.2, 0.25) is 0 Å². The molecule has 1 amide bonds. The Labute approximate surface area is 129 Å². The van der Waals surface area contributed by atoms with Gasteiger partial charge in [0.15, 0.2) is 0 Å². The third-order valence-corrected chi connectivity index (χ3v) is 4.38. The molecule has 2 unspecified atom stereocenters. The summed E-state index contributed by atoms with van der Waals surface area (Å²) in [5, 5.41) is 3.08. The zero-order valence-corrected chi connectivity index (χ0v) is 14.3. The minimum absolute atomic E-state index is 0.222. The van der Waals surface area contributed by atoms with E-state index in [1.807, 2.05) is 20.8 Å². The van der Waals surface area contributed by atoms with Gasteiger partial charge in [-0.1, -0.05) is 12.8 Å². The lowest BCUT2D eigenvalue weighted by atomic mass is 9.89. The van der Waals surface area contributed by atoms with Crippen molar-refractivity contribution >= 4 is 6.09 Å². The van der Waals surface area contributed by atoms with Crippen molar-refractivity contribution in [2.45, 2.75) is 78.0 Å². The summed E-state index contributed by atoms with van der Waals surface area (Å²) >= 11 is 0. The van der Waals surface area contributed by atoms with Crippen molar-refractivity contribution < 1.29 is 9.53 Å². The minimum atomic E-state index is -0.427. The molecule has 2 rings (SSSR count). The lowest BCUT2D eigenvalue weighted by Gasteiger charge is -2.40. The van der Waals surface area contributed by atoms with Gasteiger partial charge in [0.1, 0.15) is 5.60 Å². The summed E-state index contributed by atoms with van der Waals surface area (Å²) in [5.74, 6) is 1.66. The second kappa shape index (κ2) is 6.55. The standard InChI is InChI=1S/C17H32N2O2/c1-12(2)19-10-14(8-13-6-7-13)9-15(11-19)18-16(20)21-17(3,4)5/h12-15H,6-11H2,1-5H3,(H,18,20). The monoisotopic (exact) mass is 296 g/mol. The second-order valence-electron chi connectivity index (χ2n) is 8.17. The molecule has 1 N–H and O–H groups in total. The van der Waals surface area contributed by atoms with Crippen molar-refractivity contribution in [3.05, 3.63) is 0 Å². The van der Waals surface area contributed by atoms with Crippen LogP contribution in [0.2, 0.25) is 0 Å². The number of carbonyl (C=O) groups excluding carboxylic acids is 1. The van der Waals surface area contributed by atoms with Crippen LogP contribution in [0.15, 0.2) is 0 Å². The van der Waals surface area contributed by atoms with Crippen LogP contribution >= 0.6 is 0 Å². The highest BCUT2D eigenvalue weighted by Crippen LogP contribution is 2.38. The van der Waals surface area contributed by atoms with E-state index in [9.17, 15) is 4.79 Å². The molecule has 0 aromatic rings. The van der Waals surface area contributed by atoms with E-state index >= 15 is 0 Å². The fraction of sp³-hybridized carbons (Fsp3) is 0.941. The summed E-state index contributed by atoms with van der Waals surface area (Å²) in [5.41, 5.74) is -0.427. The Bertz CT molecular complexity index is 358. The highest BCUT2D eigenvalue weighted by atomic mass is 16.6. The first kappa shape index (κ1) is 16.6. The number of nitrogens with zero attached hydrogens (tertiary/aromatic N) is 1. The number of hydrogen-bond acceptors (Lipinski definition) is 3. The maximum Gasteiger partial charge on any atom is 0.407 e. The maximum absolute atomic E-state index is 12.0. The molecule has 1 saturated carbocycles. The van der Waals surface area contributed by atoms with E-state index in [1.54, 1.807) is 0 Å². The number of likely N-dealkylation sites (tertiary alicyclic amines) is 1. The Balaban J connectivity index is 1.88. The molecular formula is C17H32N2O2. The number of piperidine rings is 1. The van der Waals surface area contributed by atoms with Crippen molar-refractivity contribution in [2.24, 2.45) is 11.8 Å². The van der Waals surface area contributed by atoms with Crippen LogP contribution < -0.4 is 5.32 Å². The van der Waals surface area contributed by atoms with E-state index in [0.717, 1.165) is 18.9 Å². The highest BCUT2D eigenvalue weighted by Gasteiger charge is 2.34. The van der Waals surface area contributed by atoms with Gasteiger partial charge >= 0.3 is 6.09 Å². The van der Waals surface area contributed by atoms with Crippen LogP contribution in [0, 0.1) is 11.8 Å². The van der Waals surface area contributed by atoms with Gasteiger partial charge in [0.25, 0.3) is 0 Å². The lowest BCUT2D eigenvalue weighted by molar-refractivity contribution is 0.0420. The van der Waals surface area contributed by atoms with Gasteiger partial charge in [-0.2, -0.15) is 0 Å². The van der Waals surface area contributed by atoms with E-state index in [2.05, 4.69) is 24.1 Å². The average molecular weight is 296 g/mol. The van der Waals surface area contributed by atoms with Crippen molar-refractivity contribution in [3.63, 3.8) is 0 Å². The van der Waals surface area contributed by atoms with Gasteiger partial charge in [0.05, 0.1) is 0 Å². The summed E-state index contributed by atoms with van der Waals surface area (Å²) < 4.78 is 5.40. The van der Waals surface area contributed by atoms with Crippen LogP contribution in [0.3, 0.4) is 0 Å². The third kappa shape index (κ3) is 5.85. The lowest BCUT2D eigenvalue weighted by Crippen LogP contribution is -2.53. The zero-order chi connectivity index (χ0) is 15.6. The van der Waals surface area contributed by atoms with E-state index in [-0.39, 0.29) is 12.1 Å². The molecule has 2 atom stereocenters. The number of ether oxygens (including phenoxy) is 1. The first-order chi connectivity index (χ1) is 9.73. The highest BCUT2D eigenvalue weighted by molar-refractivity contribution is 5.68. The first-order valence-electron chi connectivity index (χ1n) is 8.46. The molecule has 1 aliphatic carbocycles.